The van der Waals surface area contributed by atoms with Gasteiger partial charge < -0.3 is 14.6 Å². The van der Waals surface area contributed by atoms with Crippen molar-refractivity contribution in [3.8, 4) is 11.4 Å². The SMILES string of the molecule is COC(C)C(C)Nc1ccc(-c2nncn2C)cc1. The number of rotatable bonds is 5. The van der Waals surface area contributed by atoms with E-state index >= 15 is 0 Å². The van der Waals surface area contributed by atoms with Crippen LogP contribution in [-0.2, 0) is 11.8 Å². The molecule has 0 radical (unpaired) electrons. The maximum absolute atomic E-state index is 5.30. The van der Waals surface area contributed by atoms with Gasteiger partial charge in [0.05, 0.1) is 6.10 Å². The van der Waals surface area contributed by atoms with Gasteiger partial charge in [-0.2, -0.15) is 0 Å². The zero-order valence-electron chi connectivity index (χ0n) is 11.8. The Morgan fingerprint density at radius 3 is 2.42 bits per heavy atom. The molecular formula is C14H20N4O. The summed E-state index contributed by atoms with van der Waals surface area (Å²) in [4.78, 5) is 0. The van der Waals surface area contributed by atoms with Crippen molar-refractivity contribution >= 4 is 5.69 Å². The fourth-order valence-corrected chi connectivity index (χ4v) is 1.84. The summed E-state index contributed by atoms with van der Waals surface area (Å²) in [6.45, 7) is 4.15. The zero-order chi connectivity index (χ0) is 13.8. The number of anilines is 1. The third-order valence-electron chi connectivity index (χ3n) is 3.32. The maximum Gasteiger partial charge on any atom is 0.163 e. The van der Waals surface area contributed by atoms with Gasteiger partial charge in [0.25, 0.3) is 0 Å². The van der Waals surface area contributed by atoms with E-state index in [2.05, 4.69) is 22.4 Å². The van der Waals surface area contributed by atoms with Gasteiger partial charge in [0.15, 0.2) is 5.82 Å². The first kappa shape index (κ1) is 13.5. The third-order valence-corrected chi connectivity index (χ3v) is 3.32. The summed E-state index contributed by atoms with van der Waals surface area (Å²) in [6.07, 6.45) is 1.86. The van der Waals surface area contributed by atoms with E-state index in [4.69, 9.17) is 4.74 Å². The highest BCUT2D eigenvalue weighted by Crippen LogP contribution is 2.19. The Bertz CT molecular complexity index is 520. The van der Waals surface area contributed by atoms with Crippen molar-refractivity contribution in [2.24, 2.45) is 7.05 Å². The Kier molecular flexibility index (Phi) is 4.16. The van der Waals surface area contributed by atoms with Gasteiger partial charge in [-0.25, -0.2) is 0 Å². The molecule has 0 bridgehead atoms. The first-order valence-corrected chi connectivity index (χ1v) is 6.35. The number of aryl methyl sites for hydroxylation is 1. The third kappa shape index (κ3) is 3.12. The van der Waals surface area contributed by atoms with Gasteiger partial charge in [-0.15, -0.1) is 10.2 Å². The molecule has 0 amide bonds. The van der Waals surface area contributed by atoms with E-state index in [1.807, 2.05) is 42.8 Å². The van der Waals surface area contributed by atoms with Crippen molar-refractivity contribution in [2.45, 2.75) is 26.0 Å². The molecule has 19 heavy (non-hydrogen) atoms. The normalized spacial score (nSPS) is 14.1. The highest BCUT2D eigenvalue weighted by Gasteiger charge is 2.11. The molecule has 0 aliphatic carbocycles. The van der Waals surface area contributed by atoms with Crippen LogP contribution >= 0.6 is 0 Å². The molecule has 0 aliphatic heterocycles. The van der Waals surface area contributed by atoms with Crippen molar-refractivity contribution in [1.82, 2.24) is 14.8 Å². The Morgan fingerprint density at radius 1 is 1.21 bits per heavy atom. The van der Waals surface area contributed by atoms with Crippen molar-refractivity contribution in [1.29, 1.82) is 0 Å². The second kappa shape index (κ2) is 5.84. The Balaban J connectivity index is 2.09. The topological polar surface area (TPSA) is 52.0 Å². The van der Waals surface area contributed by atoms with Gasteiger partial charge in [-0.3, -0.25) is 0 Å². The molecule has 0 fully saturated rings. The molecule has 2 unspecified atom stereocenters. The molecule has 2 atom stereocenters. The van der Waals surface area contributed by atoms with Crippen LogP contribution in [0.5, 0.6) is 0 Å². The smallest absolute Gasteiger partial charge is 0.163 e. The van der Waals surface area contributed by atoms with Gasteiger partial charge in [-0.1, -0.05) is 0 Å². The van der Waals surface area contributed by atoms with Crippen molar-refractivity contribution < 1.29 is 4.74 Å². The van der Waals surface area contributed by atoms with Crippen LogP contribution in [0.4, 0.5) is 5.69 Å². The average Bonchev–Trinajstić information content (AvgIpc) is 2.85. The highest BCUT2D eigenvalue weighted by atomic mass is 16.5. The van der Waals surface area contributed by atoms with Crippen molar-refractivity contribution in [2.75, 3.05) is 12.4 Å². The van der Waals surface area contributed by atoms with Gasteiger partial charge in [-0.05, 0) is 38.1 Å². The molecule has 0 saturated heterocycles. The fourth-order valence-electron chi connectivity index (χ4n) is 1.84. The molecular weight excluding hydrogens is 240 g/mol. The number of benzene rings is 1. The van der Waals surface area contributed by atoms with E-state index in [0.29, 0.717) is 0 Å². The molecule has 5 heteroatoms. The molecule has 1 N–H and O–H groups in total. The lowest BCUT2D eigenvalue weighted by Gasteiger charge is -2.21. The zero-order valence-corrected chi connectivity index (χ0v) is 11.8. The molecule has 1 heterocycles. The van der Waals surface area contributed by atoms with Gasteiger partial charge in [0.2, 0.25) is 0 Å². The van der Waals surface area contributed by atoms with Crippen LogP contribution in [0.25, 0.3) is 11.4 Å². The highest BCUT2D eigenvalue weighted by molar-refractivity contribution is 5.59. The van der Waals surface area contributed by atoms with Crippen molar-refractivity contribution in [3.63, 3.8) is 0 Å². The number of hydrogen-bond acceptors (Lipinski definition) is 4. The van der Waals surface area contributed by atoms with Crippen LogP contribution in [-0.4, -0.2) is 34.0 Å². The summed E-state index contributed by atoms with van der Waals surface area (Å²) in [5.74, 6) is 0.866. The van der Waals surface area contributed by atoms with Crippen LogP contribution < -0.4 is 5.32 Å². The number of methoxy groups -OCH3 is 1. The van der Waals surface area contributed by atoms with E-state index in [9.17, 15) is 0 Å². The first-order valence-electron chi connectivity index (χ1n) is 6.35. The molecule has 0 saturated carbocycles. The molecule has 102 valence electrons. The minimum Gasteiger partial charge on any atom is -0.380 e. The maximum atomic E-state index is 5.30. The minimum atomic E-state index is 0.165. The van der Waals surface area contributed by atoms with Gasteiger partial charge in [0, 0.05) is 31.5 Å². The summed E-state index contributed by atoms with van der Waals surface area (Å²) in [5, 5.41) is 11.4. The number of hydrogen-bond donors (Lipinski definition) is 1. The summed E-state index contributed by atoms with van der Waals surface area (Å²) >= 11 is 0. The van der Waals surface area contributed by atoms with E-state index in [1.54, 1.807) is 13.4 Å². The second-order valence-corrected chi connectivity index (χ2v) is 4.72. The Morgan fingerprint density at radius 2 is 1.89 bits per heavy atom. The summed E-state index contributed by atoms with van der Waals surface area (Å²) in [5.41, 5.74) is 2.13. The molecule has 0 aliphatic rings. The second-order valence-electron chi connectivity index (χ2n) is 4.72. The summed E-state index contributed by atoms with van der Waals surface area (Å²) in [6, 6.07) is 8.42. The van der Waals surface area contributed by atoms with E-state index < -0.39 is 0 Å². The summed E-state index contributed by atoms with van der Waals surface area (Å²) < 4.78 is 7.20. The van der Waals surface area contributed by atoms with Crippen LogP contribution in [0.15, 0.2) is 30.6 Å². The number of aromatic nitrogens is 3. The Labute approximate surface area is 113 Å². The van der Waals surface area contributed by atoms with Crippen LogP contribution in [0.3, 0.4) is 0 Å². The predicted octanol–water partition coefficient (Wildman–Crippen LogP) is 2.32. The Hall–Kier alpha value is -1.88. The fraction of sp³-hybridized carbons (Fsp3) is 0.429. The molecule has 1 aromatic heterocycles. The largest absolute Gasteiger partial charge is 0.380 e. The standard InChI is InChI=1S/C14H20N4O/c1-10(11(2)19-4)16-13-7-5-12(6-8-13)14-17-15-9-18(14)3/h5-11,16H,1-4H3. The molecule has 1 aromatic carbocycles. The van der Waals surface area contributed by atoms with Crippen molar-refractivity contribution in [3.05, 3.63) is 30.6 Å². The van der Waals surface area contributed by atoms with Gasteiger partial charge in [0.1, 0.15) is 6.33 Å². The number of nitrogens with one attached hydrogen (secondary N) is 1. The van der Waals surface area contributed by atoms with Crippen LogP contribution in [0, 0.1) is 0 Å². The lowest BCUT2D eigenvalue weighted by atomic mass is 10.1. The van der Waals surface area contributed by atoms with E-state index in [0.717, 1.165) is 17.1 Å². The van der Waals surface area contributed by atoms with E-state index in [1.165, 1.54) is 0 Å². The lowest BCUT2D eigenvalue weighted by molar-refractivity contribution is 0.106. The summed E-state index contributed by atoms with van der Waals surface area (Å²) in [7, 11) is 3.66. The molecule has 5 nitrogen and oxygen atoms in total. The average molecular weight is 260 g/mol. The van der Waals surface area contributed by atoms with Gasteiger partial charge >= 0.3 is 0 Å². The molecule has 2 rings (SSSR count). The number of ether oxygens (including phenoxy) is 1. The molecule has 2 aromatic rings. The van der Waals surface area contributed by atoms with E-state index in [-0.39, 0.29) is 12.1 Å². The monoisotopic (exact) mass is 260 g/mol. The van der Waals surface area contributed by atoms with Crippen LogP contribution in [0.2, 0.25) is 0 Å². The number of nitrogens with zero attached hydrogens (tertiary/aromatic N) is 3. The van der Waals surface area contributed by atoms with Crippen LogP contribution in [0.1, 0.15) is 13.8 Å². The molecule has 0 spiro atoms. The minimum absolute atomic E-state index is 0.165. The first-order chi connectivity index (χ1) is 9.11. The predicted molar refractivity (Wildman–Crippen MR) is 76.0 cm³/mol. The lowest BCUT2D eigenvalue weighted by Crippen LogP contribution is -2.29. The quantitative estimate of drug-likeness (QED) is 0.896.